The number of pyridine rings is 1. The van der Waals surface area contributed by atoms with Gasteiger partial charge >= 0.3 is 0 Å². The largest absolute Gasteiger partial charge is 0.492 e. The number of fused-ring (bicyclic) bond motifs is 2. The Balaban J connectivity index is 1.60. The Morgan fingerprint density at radius 1 is 1.04 bits per heavy atom. The summed E-state index contributed by atoms with van der Waals surface area (Å²) in [5.74, 6) is 0.832. The Morgan fingerprint density at radius 3 is 2.84 bits per heavy atom. The Hall–Kier alpha value is -2.44. The molecule has 1 aliphatic rings. The summed E-state index contributed by atoms with van der Waals surface area (Å²) in [5.41, 5.74) is 1.77. The minimum atomic E-state index is -3.66. The number of ether oxygens (including phenoxy) is 1. The van der Waals surface area contributed by atoms with Gasteiger partial charge in [0, 0.05) is 11.6 Å². The Morgan fingerprint density at radius 2 is 1.92 bits per heavy atom. The highest BCUT2D eigenvalue weighted by Crippen LogP contribution is 2.25. The highest BCUT2D eigenvalue weighted by atomic mass is 32.2. The van der Waals surface area contributed by atoms with Crippen LogP contribution in [0.4, 0.5) is 0 Å². The van der Waals surface area contributed by atoms with Crippen LogP contribution in [0.15, 0.2) is 65.7 Å². The molecular weight excluding hydrogens is 336 g/mol. The molecule has 1 unspecified atom stereocenters. The second-order valence-corrected chi connectivity index (χ2v) is 7.78. The summed E-state index contributed by atoms with van der Waals surface area (Å²) in [7, 11) is -3.66. The van der Waals surface area contributed by atoms with Crippen molar-refractivity contribution in [2.45, 2.75) is 23.8 Å². The fourth-order valence-corrected chi connectivity index (χ4v) is 4.61. The lowest BCUT2D eigenvalue weighted by atomic mass is 10.1. The van der Waals surface area contributed by atoms with Gasteiger partial charge in [0.15, 0.2) is 0 Å². The van der Waals surface area contributed by atoms with Crippen LogP contribution in [0.25, 0.3) is 10.9 Å². The van der Waals surface area contributed by atoms with E-state index in [0.717, 1.165) is 17.7 Å². The van der Waals surface area contributed by atoms with E-state index in [1.54, 1.807) is 36.5 Å². The van der Waals surface area contributed by atoms with Gasteiger partial charge < -0.3 is 4.74 Å². The maximum atomic E-state index is 12.9. The number of aryl methyl sites for hydroxylation is 1. The average molecular weight is 354 g/mol. The number of hydrogen-bond donors (Lipinski definition) is 1. The van der Waals surface area contributed by atoms with Crippen LogP contribution in [0.5, 0.6) is 5.75 Å². The van der Waals surface area contributed by atoms with Gasteiger partial charge in [0.2, 0.25) is 10.0 Å². The zero-order valence-electron chi connectivity index (χ0n) is 13.6. The van der Waals surface area contributed by atoms with Crippen LogP contribution in [0.2, 0.25) is 0 Å². The van der Waals surface area contributed by atoms with Crippen LogP contribution < -0.4 is 9.46 Å². The third kappa shape index (κ3) is 3.23. The summed E-state index contributed by atoms with van der Waals surface area (Å²) in [5, 5.41) is 0.621. The molecule has 0 saturated carbocycles. The number of para-hydroxylation sites is 1. The number of sulfonamides is 1. The van der Waals surface area contributed by atoms with Gasteiger partial charge in [-0.05, 0) is 48.7 Å². The summed E-state index contributed by atoms with van der Waals surface area (Å²) in [4.78, 5) is 4.48. The van der Waals surface area contributed by atoms with Crippen molar-refractivity contribution in [3.05, 3.63) is 66.4 Å². The van der Waals surface area contributed by atoms with Crippen molar-refractivity contribution < 1.29 is 13.2 Å². The molecule has 128 valence electrons. The van der Waals surface area contributed by atoms with E-state index >= 15 is 0 Å². The van der Waals surface area contributed by atoms with Crippen molar-refractivity contribution in [1.82, 2.24) is 9.71 Å². The van der Waals surface area contributed by atoms with Crippen molar-refractivity contribution in [3.63, 3.8) is 0 Å². The minimum absolute atomic E-state index is 0.250. The molecule has 0 fully saturated rings. The van der Waals surface area contributed by atoms with E-state index in [4.69, 9.17) is 4.74 Å². The number of hydrogen-bond acceptors (Lipinski definition) is 4. The van der Waals surface area contributed by atoms with Crippen LogP contribution >= 0.6 is 0 Å². The zero-order valence-corrected chi connectivity index (χ0v) is 14.4. The smallest absolute Gasteiger partial charge is 0.241 e. The lowest BCUT2D eigenvalue weighted by Crippen LogP contribution is -2.38. The van der Waals surface area contributed by atoms with Crippen molar-refractivity contribution in [3.8, 4) is 5.75 Å². The molecule has 0 radical (unpaired) electrons. The summed E-state index contributed by atoms with van der Waals surface area (Å²) in [6.45, 7) is 0.319. The predicted octanol–water partition coefficient (Wildman–Crippen LogP) is 2.91. The topological polar surface area (TPSA) is 68.3 Å². The molecule has 2 aromatic carbocycles. The van der Waals surface area contributed by atoms with Gasteiger partial charge in [-0.15, -0.1) is 0 Å². The predicted molar refractivity (Wildman–Crippen MR) is 96.1 cm³/mol. The Bertz CT molecular complexity index is 986. The van der Waals surface area contributed by atoms with Crippen molar-refractivity contribution >= 4 is 20.9 Å². The molecule has 1 aromatic heterocycles. The molecule has 0 saturated heterocycles. The molecule has 25 heavy (non-hydrogen) atoms. The van der Waals surface area contributed by atoms with Crippen LogP contribution in [0, 0.1) is 0 Å². The molecule has 2 heterocycles. The van der Waals surface area contributed by atoms with Crippen LogP contribution in [-0.2, 0) is 16.4 Å². The second-order valence-electron chi connectivity index (χ2n) is 6.10. The number of aromatic nitrogens is 1. The number of benzene rings is 2. The van der Waals surface area contributed by atoms with Gasteiger partial charge in [0.05, 0.1) is 16.5 Å². The van der Waals surface area contributed by atoms with Gasteiger partial charge in [0.25, 0.3) is 0 Å². The molecule has 1 aliphatic heterocycles. The fraction of sp³-hybridized carbons (Fsp3) is 0.211. The number of nitrogens with one attached hydrogen (secondary N) is 1. The molecular formula is C19H18N2O3S. The lowest BCUT2D eigenvalue weighted by Gasteiger charge is -2.17. The molecule has 3 aromatic rings. The molecule has 0 spiro atoms. The minimum Gasteiger partial charge on any atom is -0.492 e. The van der Waals surface area contributed by atoms with Crippen molar-refractivity contribution in [2.75, 3.05) is 6.61 Å². The van der Waals surface area contributed by atoms with Crippen LogP contribution in [0.1, 0.15) is 12.0 Å². The maximum absolute atomic E-state index is 12.9. The number of nitrogens with zero attached hydrogens (tertiary/aromatic N) is 1. The zero-order chi connectivity index (χ0) is 17.3. The Labute approximate surface area is 146 Å². The summed E-state index contributed by atoms with van der Waals surface area (Å²) in [6.07, 6.45) is 3.13. The van der Waals surface area contributed by atoms with Gasteiger partial charge in [0.1, 0.15) is 12.4 Å². The first kappa shape index (κ1) is 16.1. The van der Waals surface area contributed by atoms with Gasteiger partial charge in [-0.2, -0.15) is 0 Å². The van der Waals surface area contributed by atoms with E-state index in [9.17, 15) is 8.42 Å². The standard InChI is InChI=1S/C19H18N2O3S/c22-25(23,19-9-3-7-17-16(19)6-4-12-20-17)21-15-11-10-14-5-1-2-8-18(14)24-13-15/h1-9,12,15,21H,10-11,13H2. The summed E-state index contributed by atoms with van der Waals surface area (Å²) >= 11 is 0. The van der Waals surface area contributed by atoms with E-state index in [-0.39, 0.29) is 10.9 Å². The van der Waals surface area contributed by atoms with Gasteiger partial charge in [-0.1, -0.05) is 24.3 Å². The first-order valence-electron chi connectivity index (χ1n) is 8.20. The molecule has 1 atom stereocenters. The molecule has 0 aliphatic carbocycles. The number of rotatable bonds is 3. The molecule has 6 heteroatoms. The normalized spacial score (nSPS) is 17.5. The fourth-order valence-electron chi connectivity index (χ4n) is 3.14. The van der Waals surface area contributed by atoms with Gasteiger partial charge in [-0.3, -0.25) is 4.98 Å². The van der Waals surface area contributed by atoms with Crippen molar-refractivity contribution in [1.29, 1.82) is 0 Å². The summed E-state index contributed by atoms with van der Waals surface area (Å²) < 4.78 is 34.4. The quantitative estimate of drug-likeness (QED) is 0.785. The highest BCUT2D eigenvalue weighted by molar-refractivity contribution is 7.89. The first-order valence-corrected chi connectivity index (χ1v) is 9.68. The third-order valence-corrected chi connectivity index (χ3v) is 5.97. The monoisotopic (exact) mass is 354 g/mol. The molecule has 0 bridgehead atoms. The summed E-state index contributed by atoms with van der Waals surface area (Å²) in [6, 6.07) is 16.2. The molecule has 5 nitrogen and oxygen atoms in total. The second kappa shape index (κ2) is 6.46. The first-order chi connectivity index (χ1) is 12.1. The molecule has 4 rings (SSSR count). The SMILES string of the molecule is O=S(=O)(NC1CCc2ccccc2OC1)c1cccc2ncccc12. The third-order valence-electron chi connectivity index (χ3n) is 4.39. The molecule has 0 amide bonds. The van der Waals surface area contributed by atoms with Crippen LogP contribution in [0.3, 0.4) is 0 Å². The van der Waals surface area contributed by atoms with E-state index in [1.807, 2.05) is 24.3 Å². The van der Waals surface area contributed by atoms with Crippen molar-refractivity contribution in [2.24, 2.45) is 0 Å². The lowest BCUT2D eigenvalue weighted by molar-refractivity contribution is 0.284. The maximum Gasteiger partial charge on any atom is 0.241 e. The highest BCUT2D eigenvalue weighted by Gasteiger charge is 2.24. The van der Waals surface area contributed by atoms with Crippen LogP contribution in [-0.4, -0.2) is 26.1 Å². The molecule has 1 N–H and O–H groups in total. The Kier molecular flexibility index (Phi) is 4.15. The van der Waals surface area contributed by atoms with E-state index in [2.05, 4.69) is 9.71 Å². The van der Waals surface area contributed by atoms with E-state index < -0.39 is 10.0 Å². The van der Waals surface area contributed by atoms with E-state index in [1.165, 1.54) is 0 Å². The average Bonchev–Trinajstić information content (AvgIpc) is 2.83. The van der Waals surface area contributed by atoms with Gasteiger partial charge in [-0.25, -0.2) is 13.1 Å². The van der Waals surface area contributed by atoms with E-state index in [0.29, 0.717) is 23.9 Å².